The van der Waals surface area contributed by atoms with Gasteiger partial charge in [0.15, 0.2) is 23.3 Å². The summed E-state index contributed by atoms with van der Waals surface area (Å²) in [5, 5.41) is 2.36. The normalized spacial score (nSPS) is 16.5. The van der Waals surface area contributed by atoms with Crippen LogP contribution in [0.25, 0.3) is 0 Å². The minimum Gasteiger partial charge on any atom is -0.485 e. The van der Waals surface area contributed by atoms with E-state index in [2.05, 4.69) is 17.6 Å². The first-order valence-electron chi connectivity index (χ1n) is 7.05. The number of benzene rings is 1. The summed E-state index contributed by atoms with van der Waals surface area (Å²) < 4.78 is 16.6. The quantitative estimate of drug-likeness (QED) is 0.510. The maximum absolute atomic E-state index is 11.9. The van der Waals surface area contributed by atoms with Crippen LogP contribution in [0.2, 0.25) is 0 Å². The van der Waals surface area contributed by atoms with Gasteiger partial charge in [-0.2, -0.15) is 12.6 Å². The van der Waals surface area contributed by atoms with Gasteiger partial charge in [0.2, 0.25) is 0 Å². The molecular formula is C16H15NO4S2. The molecule has 120 valence electrons. The van der Waals surface area contributed by atoms with Crippen LogP contribution in [0.1, 0.15) is 21.6 Å². The van der Waals surface area contributed by atoms with Crippen molar-refractivity contribution in [3.8, 4) is 11.5 Å². The van der Waals surface area contributed by atoms with Crippen molar-refractivity contribution < 1.29 is 19.0 Å². The first-order valence-corrected chi connectivity index (χ1v) is 8.56. The van der Waals surface area contributed by atoms with Crippen LogP contribution < -0.4 is 9.47 Å². The number of carbonyl (C=O) groups is 1. The molecule has 7 heteroatoms. The van der Waals surface area contributed by atoms with E-state index in [0.717, 1.165) is 5.75 Å². The van der Waals surface area contributed by atoms with E-state index in [1.54, 1.807) is 11.5 Å². The van der Waals surface area contributed by atoms with Gasteiger partial charge < -0.3 is 14.2 Å². The van der Waals surface area contributed by atoms with Gasteiger partial charge in [-0.3, -0.25) is 0 Å². The zero-order valence-corrected chi connectivity index (χ0v) is 13.9. The van der Waals surface area contributed by atoms with Crippen molar-refractivity contribution in [2.24, 2.45) is 0 Å². The monoisotopic (exact) mass is 349 g/mol. The molecule has 5 nitrogen and oxygen atoms in total. The van der Waals surface area contributed by atoms with Crippen molar-refractivity contribution in [1.82, 2.24) is 4.98 Å². The van der Waals surface area contributed by atoms with Crippen LogP contribution in [0.5, 0.6) is 11.5 Å². The van der Waals surface area contributed by atoms with Gasteiger partial charge in [-0.1, -0.05) is 24.3 Å². The zero-order chi connectivity index (χ0) is 16.1. The third kappa shape index (κ3) is 3.86. The number of hydrogen-bond acceptors (Lipinski definition) is 7. The number of hydrogen-bond donors (Lipinski definition) is 1. The standard InChI is InChI=1S/C16H15NO4S2/c18-16(19-7-3-4-8-22)11-10-23-15(17-11)14-9-20-12-5-1-2-6-13(12)21-14/h1-6,10,14,22H,7-9H2/b4-3-. The fraction of sp³-hybridized carbons (Fsp3) is 0.250. The maximum Gasteiger partial charge on any atom is 0.358 e. The van der Waals surface area contributed by atoms with Crippen LogP contribution in [0, 0.1) is 0 Å². The second kappa shape index (κ2) is 7.52. The van der Waals surface area contributed by atoms with Crippen molar-refractivity contribution >= 4 is 29.9 Å². The van der Waals surface area contributed by atoms with E-state index in [1.807, 2.05) is 30.3 Å². The van der Waals surface area contributed by atoms with Crippen molar-refractivity contribution in [1.29, 1.82) is 0 Å². The minimum atomic E-state index is -0.451. The van der Waals surface area contributed by atoms with Gasteiger partial charge in [-0.05, 0) is 12.1 Å². The van der Waals surface area contributed by atoms with Crippen molar-refractivity contribution in [3.63, 3.8) is 0 Å². The van der Waals surface area contributed by atoms with Crippen molar-refractivity contribution in [2.75, 3.05) is 19.0 Å². The molecule has 1 aliphatic heterocycles. The summed E-state index contributed by atoms with van der Waals surface area (Å²) in [4.78, 5) is 16.2. The summed E-state index contributed by atoms with van der Waals surface area (Å²) >= 11 is 5.39. The molecule has 1 atom stereocenters. The molecule has 23 heavy (non-hydrogen) atoms. The van der Waals surface area contributed by atoms with Gasteiger partial charge in [0.1, 0.15) is 18.2 Å². The first-order chi connectivity index (χ1) is 11.3. The van der Waals surface area contributed by atoms with Crippen molar-refractivity contribution in [3.05, 3.63) is 52.5 Å². The molecule has 1 aromatic heterocycles. The van der Waals surface area contributed by atoms with Crippen LogP contribution in [-0.2, 0) is 4.74 Å². The molecule has 0 amide bonds. The molecule has 1 unspecified atom stereocenters. The van der Waals surface area contributed by atoms with Gasteiger partial charge in [-0.25, -0.2) is 9.78 Å². The molecular weight excluding hydrogens is 334 g/mol. The lowest BCUT2D eigenvalue weighted by molar-refractivity contribution is 0.0541. The SMILES string of the molecule is O=C(OC/C=C\CS)c1csc(C2COc3ccccc3O2)n1. The molecule has 0 bridgehead atoms. The highest BCUT2D eigenvalue weighted by atomic mass is 32.1. The fourth-order valence-electron chi connectivity index (χ4n) is 2.01. The summed E-state index contributed by atoms with van der Waals surface area (Å²) in [5.74, 6) is 1.56. The van der Waals surface area contributed by atoms with E-state index in [9.17, 15) is 4.79 Å². The second-order valence-corrected chi connectivity index (χ2v) is 5.94. The number of thiazole rings is 1. The number of thiol groups is 1. The average molecular weight is 349 g/mol. The molecule has 0 N–H and O–H groups in total. The van der Waals surface area contributed by atoms with Crippen LogP contribution in [0.15, 0.2) is 41.8 Å². The Morgan fingerprint density at radius 2 is 2.22 bits per heavy atom. The van der Waals surface area contributed by atoms with E-state index < -0.39 is 5.97 Å². The Hall–Kier alpha value is -1.99. The molecule has 0 fully saturated rings. The second-order valence-electron chi connectivity index (χ2n) is 4.69. The van der Waals surface area contributed by atoms with Crippen molar-refractivity contribution in [2.45, 2.75) is 6.10 Å². The number of carbonyl (C=O) groups excluding carboxylic acids is 1. The molecule has 0 radical (unpaired) electrons. The van der Waals surface area contributed by atoms with Crippen LogP contribution in [0.3, 0.4) is 0 Å². The molecule has 0 spiro atoms. The van der Waals surface area contributed by atoms with E-state index in [4.69, 9.17) is 14.2 Å². The maximum atomic E-state index is 11.9. The third-order valence-corrected chi connectivity index (χ3v) is 4.25. The third-order valence-electron chi connectivity index (χ3n) is 3.10. The largest absolute Gasteiger partial charge is 0.485 e. The summed E-state index contributed by atoms with van der Waals surface area (Å²) in [6.45, 7) is 0.576. The molecule has 0 saturated carbocycles. The van der Waals surface area contributed by atoms with Crippen LogP contribution >= 0.6 is 24.0 Å². The fourth-order valence-corrected chi connectivity index (χ4v) is 2.96. The highest BCUT2D eigenvalue weighted by Gasteiger charge is 2.26. The Kier molecular flexibility index (Phi) is 5.19. The van der Waals surface area contributed by atoms with E-state index >= 15 is 0 Å². The molecule has 0 aliphatic carbocycles. The lowest BCUT2D eigenvalue weighted by Gasteiger charge is -2.24. The Morgan fingerprint density at radius 3 is 3.04 bits per heavy atom. The highest BCUT2D eigenvalue weighted by molar-refractivity contribution is 7.80. The van der Waals surface area contributed by atoms with Gasteiger partial charge in [0.25, 0.3) is 0 Å². The smallest absolute Gasteiger partial charge is 0.358 e. The van der Waals surface area contributed by atoms with Gasteiger partial charge in [0.05, 0.1) is 0 Å². The Bertz CT molecular complexity index is 714. The first kappa shape index (κ1) is 15.9. The topological polar surface area (TPSA) is 57.7 Å². The molecule has 2 heterocycles. The highest BCUT2D eigenvalue weighted by Crippen LogP contribution is 2.36. The summed E-state index contributed by atoms with van der Waals surface area (Å²) in [6, 6.07) is 7.47. The van der Waals surface area contributed by atoms with Crippen LogP contribution in [0.4, 0.5) is 0 Å². The van der Waals surface area contributed by atoms with E-state index in [1.165, 1.54) is 11.3 Å². The number of nitrogens with zero attached hydrogens (tertiary/aromatic N) is 1. The van der Waals surface area contributed by atoms with E-state index in [0.29, 0.717) is 23.1 Å². The van der Waals surface area contributed by atoms with Gasteiger partial charge in [-0.15, -0.1) is 11.3 Å². The number of aromatic nitrogens is 1. The minimum absolute atomic E-state index is 0.211. The van der Waals surface area contributed by atoms with Gasteiger partial charge in [0, 0.05) is 11.1 Å². The Balaban J connectivity index is 1.63. The van der Waals surface area contributed by atoms with Crippen LogP contribution in [-0.4, -0.2) is 29.9 Å². The van der Waals surface area contributed by atoms with Gasteiger partial charge >= 0.3 is 5.97 Å². The lowest BCUT2D eigenvalue weighted by Crippen LogP contribution is -2.21. The lowest BCUT2D eigenvalue weighted by atomic mass is 10.2. The molecule has 3 rings (SSSR count). The number of esters is 1. The summed E-state index contributed by atoms with van der Waals surface area (Å²) in [7, 11) is 0. The molecule has 1 aliphatic rings. The Labute approximate surface area is 143 Å². The summed E-state index contributed by atoms with van der Waals surface area (Å²) in [5.41, 5.74) is 0.284. The number of rotatable bonds is 5. The number of ether oxygens (including phenoxy) is 3. The predicted molar refractivity (Wildman–Crippen MR) is 90.7 cm³/mol. The number of fused-ring (bicyclic) bond motifs is 1. The Morgan fingerprint density at radius 1 is 1.39 bits per heavy atom. The average Bonchev–Trinajstić information content (AvgIpc) is 3.08. The molecule has 2 aromatic rings. The molecule has 0 saturated heterocycles. The predicted octanol–water partition coefficient (Wildman–Crippen LogP) is 3.30. The van der Waals surface area contributed by atoms with E-state index in [-0.39, 0.29) is 18.4 Å². The zero-order valence-electron chi connectivity index (χ0n) is 12.2. The summed E-state index contributed by atoms with van der Waals surface area (Å²) in [6.07, 6.45) is 3.24. The number of para-hydroxylation sites is 2. The molecule has 1 aromatic carbocycles.